The molecule has 5 atom stereocenters. The Morgan fingerprint density at radius 2 is 1.62 bits per heavy atom. The average molecular weight is 732 g/mol. The van der Waals surface area contributed by atoms with E-state index < -0.39 is 55.5 Å². The number of H-pyrrole nitrogens is 1. The summed E-state index contributed by atoms with van der Waals surface area (Å²) in [6.45, 7) is 9.14. The minimum absolute atomic E-state index is 0.0111. The third-order valence-corrected chi connectivity index (χ3v) is 11.4. The minimum atomic E-state index is -2.42. The maximum atomic E-state index is 16.9. The largest absolute Gasteiger partial charge is 0.497 e. The van der Waals surface area contributed by atoms with E-state index in [9.17, 15) is 19.7 Å². The van der Waals surface area contributed by atoms with Gasteiger partial charge in [-0.25, -0.2) is 13.9 Å². The van der Waals surface area contributed by atoms with E-state index in [4.69, 9.17) is 14.0 Å². The van der Waals surface area contributed by atoms with E-state index in [-0.39, 0.29) is 24.6 Å². The zero-order valence-corrected chi connectivity index (χ0v) is 31.2. The highest BCUT2D eigenvalue weighted by Gasteiger charge is 2.51. The molecule has 1 aliphatic rings. The van der Waals surface area contributed by atoms with Gasteiger partial charge in [0.05, 0.1) is 18.7 Å². The smallest absolute Gasteiger partial charge is 0.330 e. The van der Waals surface area contributed by atoms with Gasteiger partial charge in [-0.2, -0.15) is 5.26 Å². The number of benzene rings is 3. The van der Waals surface area contributed by atoms with Crippen molar-refractivity contribution in [3.05, 3.63) is 134 Å². The SMILES string of the molecule is COc1ccc(C(NC[C@H]2O[C@@H](n3cc(C)c(=O)[nH]c3=O)[C@H](F)[C@@H]2OP(O)N(C(C)C)C(C)(C)CCC#N)(c2ccccc2)c2ccccc2)cc1. The first kappa shape index (κ1) is 39.0. The molecule has 4 aromatic rings. The summed E-state index contributed by atoms with van der Waals surface area (Å²) in [6, 6.07) is 29.3. The maximum absolute atomic E-state index is 16.9. The second kappa shape index (κ2) is 16.6. The van der Waals surface area contributed by atoms with Gasteiger partial charge in [0.25, 0.3) is 14.1 Å². The summed E-state index contributed by atoms with van der Waals surface area (Å²) in [5, 5.41) is 13.0. The van der Waals surface area contributed by atoms with Gasteiger partial charge in [-0.15, -0.1) is 0 Å². The Labute approximate surface area is 305 Å². The standard InChI is InChI=1S/C39H47FN5O6P/c1-26(2)45(38(4,5)22-13-23-41)52(48)51-34-32(50-36(33(34)40)44-25-27(3)35(46)43-37(44)47)24-42-39(28-14-9-7-10-15-28,29-16-11-8-12-17-29)30-18-20-31(49-6)21-19-30/h7-12,14-21,25-26,32-34,36,42,48H,13,22,24H2,1-6H3,(H,43,46,47)/t32-,33-,34-,36-,52?/m1/s1. The van der Waals surface area contributed by atoms with Crippen LogP contribution in [0.5, 0.6) is 5.75 Å². The summed E-state index contributed by atoms with van der Waals surface area (Å²) in [7, 11) is -0.815. The molecule has 0 amide bonds. The van der Waals surface area contributed by atoms with Crippen molar-refractivity contribution < 1.29 is 23.3 Å². The van der Waals surface area contributed by atoms with Crippen LogP contribution in [0.1, 0.15) is 69.0 Å². The van der Waals surface area contributed by atoms with Gasteiger partial charge in [0.2, 0.25) is 0 Å². The number of methoxy groups -OCH3 is 1. The van der Waals surface area contributed by atoms with Crippen LogP contribution in [0.3, 0.4) is 0 Å². The topological polar surface area (TPSA) is 142 Å². The summed E-state index contributed by atoms with van der Waals surface area (Å²) in [5.74, 6) is 0.680. The number of nitrogens with zero attached hydrogens (tertiary/aromatic N) is 3. The molecule has 1 aliphatic heterocycles. The molecule has 3 N–H and O–H groups in total. The lowest BCUT2D eigenvalue weighted by Gasteiger charge is -2.43. The molecule has 52 heavy (non-hydrogen) atoms. The number of rotatable bonds is 15. The van der Waals surface area contributed by atoms with Crippen molar-refractivity contribution in [2.75, 3.05) is 13.7 Å². The third kappa shape index (κ3) is 8.06. The first-order chi connectivity index (χ1) is 24.8. The molecule has 11 nitrogen and oxygen atoms in total. The number of hydrogen-bond acceptors (Lipinski definition) is 9. The van der Waals surface area contributed by atoms with Gasteiger partial charge < -0.3 is 18.9 Å². The zero-order chi connectivity index (χ0) is 37.6. The molecule has 0 saturated carbocycles. The summed E-state index contributed by atoms with van der Waals surface area (Å²) in [5.41, 5.74) is -0.182. The summed E-state index contributed by atoms with van der Waals surface area (Å²) in [6.07, 6.45) is -3.79. The van der Waals surface area contributed by atoms with E-state index in [1.54, 1.807) is 11.8 Å². The molecule has 276 valence electrons. The molecule has 0 bridgehead atoms. The van der Waals surface area contributed by atoms with Crippen LogP contribution in [0, 0.1) is 18.3 Å². The van der Waals surface area contributed by atoms with Crippen LogP contribution >= 0.6 is 8.53 Å². The van der Waals surface area contributed by atoms with Crippen LogP contribution in [0.2, 0.25) is 0 Å². The van der Waals surface area contributed by atoms with Gasteiger partial charge in [-0.05, 0) is 69.9 Å². The number of aromatic nitrogens is 2. The average Bonchev–Trinajstić information content (AvgIpc) is 3.43. The molecule has 0 radical (unpaired) electrons. The number of nitriles is 1. The summed E-state index contributed by atoms with van der Waals surface area (Å²) < 4.78 is 37.8. The number of halogens is 1. The predicted octanol–water partition coefficient (Wildman–Crippen LogP) is 6.07. The Balaban J connectivity index is 1.59. The monoisotopic (exact) mass is 731 g/mol. The molecular weight excluding hydrogens is 684 g/mol. The summed E-state index contributed by atoms with van der Waals surface area (Å²) in [4.78, 5) is 39.2. The molecule has 5 rings (SSSR count). The molecule has 1 saturated heterocycles. The van der Waals surface area contributed by atoms with Crippen molar-refractivity contribution in [2.24, 2.45) is 0 Å². The number of aromatic amines is 1. The summed E-state index contributed by atoms with van der Waals surface area (Å²) >= 11 is 0. The van der Waals surface area contributed by atoms with Crippen LogP contribution in [-0.4, -0.2) is 62.7 Å². The van der Waals surface area contributed by atoms with Crippen molar-refractivity contribution in [3.8, 4) is 11.8 Å². The first-order valence-corrected chi connectivity index (χ1v) is 18.4. The Kier molecular flexibility index (Phi) is 12.5. The van der Waals surface area contributed by atoms with Crippen molar-refractivity contribution in [3.63, 3.8) is 0 Å². The molecule has 0 spiro atoms. The van der Waals surface area contributed by atoms with Crippen LogP contribution in [-0.2, 0) is 14.8 Å². The lowest BCUT2D eigenvalue weighted by molar-refractivity contribution is -0.0269. The molecular formula is C39H47FN5O6P. The Hall–Kier alpha value is -4.21. The number of hydrogen-bond donors (Lipinski definition) is 3. The van der Waals surface area contributed by atoms with E-state index in [2.05, 4.69) is 16.4 Å². The van der Waals surface area contributed by atoms with Crippen LogP contribution in [0.4, 0.5) is 4.39 Å². The van der Waals surface area contributed by atoms with E-state index in [1.165, 1.54) is 13.1 Å². The van der Waals surface area contributed by atoms with E-state index >= 15 is 4.39 Å². The van der Waals surface area contributed by atoms with Crippen LogP contribution < -0.4 is 21.3 Å². The second-order valence-corrected chi connectivity index (χ2v) is 15.0. The lowest BCUT2D eigenvalue weighted by Crippen LogP contribution is -2.50. The highest BCUT2D eigenvalue weighted by molar-refractivity contribution is 7.43. The Morgan fingerprint density at radius 1 is 1.04 bits per heavy atom. The molecule has 2 heterocycles. The van der Waals surface area contributed by atoms with Gasteiger partial charge in [0.1, 0.15) is 18.0 Å². The Bertz CT molecular complexity index is 1890. The highest BCUT2D eigenvalue weighted by Crippen LogP contribution is 2.50. The molecule has 3 aromatic carbocycles. The fourth-order valence-corrected chi connectivity index (χ4v) is 8.55. The Morgan fingerprint density at radius 3 is 2.15 bits per heavy atom. The second-order valence-electron chi connectivity index (χ2n) is 13.8. The van der Waals surface area contributed by atoms with E-state index in [0.29, 0.717) is 12.2 Å². The van der Waals surface area contributed by atoms with Crippen LogP contribution in [0.25, 0.3) is 0 Å². The van der Waals surface area contributed by atoms with Crippen molar-refractivity contribution in [2.45, 2.75) is 89.2 Å². The third-order valence-electron chi connectivity index (χ3n) is 9.55. The zero-order valence-electron chi connectivity index (χ0n) is 30.3. The van der Waals surface area contributed by atoms with E-state index in [1.807, 2.05) is 113 Å². The quantitative estimate of drug-likeness (QED) is 0.0982. The van der Waals surface area contributed by atoms with Crippen LogP contribution in [0.15, 0.2) is 101 Å². The minimum Gasteiger partial charge on any atom is -0.497 e. The molecule has 13 heteroatoms. The van der Waals surface area contributed by atoms with Gasteiger partial charge in [0, 0.05) is 36.3 Å². The maximum Gasteiger partial charge on any atom is 0.330 e. The molecule has 1 fully saturated rings. The number of ether oxygens (including phenoxy) is 2. The normalized spacial score (nSPS) is 19.9. The van der Waals surface area contributed by atoms with Gasteiger partial charge in [0.15, 0.2) is 12.4 Å². The van der Waals surface area contributed by atoms with Gasteiger partial charge >= 0.3 is 5.69 Å². The van der Waals surface area contributed by atoms with Crippen molar-refractivity contribution in [1.82, 2.24) is 19.5 Å². The molecule has 0 aliphatic carbocycles. The van der Waals surface area contributed by atoms with Gasteiger partial charge in [-0.3, -0.25) is 19.7 Å². The number of aryl methyl sites for hydroxylation is 1. The fraction of sp³-hybridized carbons (Fsp3) is 0.410. The fourth-order valence-electron chi connectivity index (χ4n) is 7.02. The molecule has 1 aromatic heterocycles. The van der Waals surface area contributed by atoms with E-state index in [0.717, 1.165) is 21.3 Å². The number of alkyl halides is 1. The van der Waals surface area contributed by atoms with Gasteiger partial charge in [-0.1, -0.05) is 72.8 Å². The lowest BCUT2D eigenvalue weighted by atomic mass is 9.77. The highest BCUT2D eigenvalue weighted by atomic mass is 31.2. The van der Waals surface area contributed by atoms with Crippen molar-refractivity contribution >= 4 is 8.53 Å². The predicted molar refractivity (Wildman–Crippen MR) is 199 cm³/mol. The van der Waals surface area contributed by atoms with Crippen molar-refractivity contribution in [1.29, 1.82) is 5.26 Å². The first-order valence-electron chi connectivity index (χ1n) is 17.3. The molecule has 1 unspecified atom stereocenters. The number of nitrogens with one attached hydrogen (secondary N) is 2.